The van der Waals surface area contributed by atoms with Gasteiger partial charge >= 0.3 is 0 Å². The van der Waals surface area contributed by atoms with Crippen LogP contribution in [0.5, 0.6) is 0 Å². The van der Waals surface area contributed by atoms with Crippen LogP contribution in [-0.2, 0) is 6.42 Å². The van der Waals surface area contributed by atoms with E-state index in [2.05, 4.69) is 4.98 Å². The number of aromatic nitrogens is 2. The smallest absolute Gasteiger partial charge is 0.261 e. The van der Waals surface area contributed by atoms with Gasteiger partial charge in [0, 0.05) is 23.4 Å². The van der Waals surface area contributed by atoms with E-state index < -0.39 is 0 Å². The van der Waals surface area contributed by atoms with Gasteiger partial charge in [-0.15, -0.1) is 0 Å². The van der Waals surface area contributed by atoms with E-state index in [1.54, 1.807) is 24.3 Å². The third-order valence-corrected chi connectivity index (χ3v) is 5.56. The minimum atomic E-state index is -0.210. The normalized spacial score (nSPS) is 13.0. The molecule has 31 heavy (non-hydrogen) atoms. The monoisotopic (exact) mass is 407 g/mol. The number of nitrogens with one attached hydrogen (secondary N) is 1. The lowest BCUT2D eigenvalue weighted by molar-refractivity contribution is 0.0652. The van der Waals surface area contributed by atoms with Crippen molar-refractivity contribution in [3.63, 3.8) is 0 Å². The Balaban J connectivity index is 1.37. The molecule has 0 saturated heterocycles. The van der Waals surface area contributed by atoms with Crippen molar-refractivity contribution in [3.8, 4) is 22.6 Å². The lowest BCUT2D eigenvalue weighted by Gasteiger charge is -2.13. The van der Waals surface area contributed by atoms with Gasteiger partial charge in [-0.25, -0.2) is 4.98 Å². The van der Waals surface area contributed by atoms with Gasteiger partial charge in [0.2, 0.25) is 0 Å². The van der Waals surface area contributed by atoms with Crippen LogP contribution in [0.3, 0.4) is 0 Å². The maximum atomic E-state index is 12.6. The maximum Gasteiger partial charge on any atom is 0.261 e. The Hall–Kier alpha value is -3.99. The van der Waals surface area contributed by atoms with E-state index in [9.17, 15) is 9.59 Å². The molecule has 5 heteroatoms. The highest BCUT2D eigenvalue weighted by molar-refractivity contribution is 6.21. The standard InChI is InChI=1S/C26H21N3O2/c30-25-20-14-7-8-15-21(20)26(31)29(25)17-9-16-22-23(18-10-3-1-4-11-18)28-24(27-22)19-12-5-2-6-13-19/h1-8,10-15H,9,16-17H2,(H,27,28). The molecule has 1 aliphatic heterocycles. The van der Waals surface area contributed by atoms with Gasteiger partial charge in [0.25, 0.3) is 11.8 Å². The fourth-order valence-electron chi connectivity index (χ4n) is 4.01. The number of amides is 2. The van der Waals surface area contributed by atoms with E-state index >= 15 is 0 Å². The summed E-state index contributed by atoms with van der Waals surface area (Å²) in [7, 11) is 0. The Morgan fingerprint density at radius 1 is 0.710 bits per heavy atom. The molecule has 0 radical (unpaired) electrons. The van der Waals surface area contributed by atoms with Crippen molar-refractivity contribution in [2.75, 3.05) is 6.54 Å². The number of aromatic amines is 1. The van der Waals surface area contributed by atoms with Crippen molar-refractivity contribution in [3.05, 3.63) is 102 Å². The number of hydrogen-bond donors (Lipinski definition) is 1. The number of carbonyl (C=O) groups excluding carboxylic acids is 2. The van der Waals surface area contributed by atoms with Crippen LogP contribution in [0.1, 0.15) is 32.8 Å². The first-order chi connectivity index (χ1) is 15.2. The van der Waals surface area contributed by atoms with Crippen molar-refractivity contribution in [2.24, 2.45) is 0 Å². The third-order valence-electron chi connectivity index (χ3n) is 5.56. The van der Waals surface area contributed by atoms with Gasteiger partial charge < -0.3 is 4.98 Å². The number of hydrogen-bond acceptors (Lipinski definition) is 3. The van der Waals surface area contributed by atoms with E-state index in [0.29, 0.717) is 30.5 Å². The average Bonchev–Trinajstić information content (AvgIpc) is 3.36. The predicted octanol–water partition coefficient (Wildman–Crippen LogP) is 4.97. The Morgan fingerprint density at radius 3 is 1.87 bits per heavy atom. The van der Waals surface area contributed by atoms with Crippen molar-refractivity contribution in [1.82, 2.24) is 14.9 Å². The van der Waals surface area contributed by atoms with Gasteiger partial charge in [0.1, 0.15) is 5.82 Å². The largest absolute Gasteiger partial charge is 0.341 e. The molecule has 1 N–H and O–H groups in total. The van der Waals surface area contributed by atoms with Crippen molar-refractivity contribution in [2.45, 2.75) is 12.8 Å². The number of rotatable bonds is 6. The van der Waals surface area contributed by atoms with Crippen molar-refractivity contribution >= 4 is 11.8 Å². The van der Waals surface area contributed by atoms with Gasteiger partial charge in [-0.2, -0.15) is 0 Å². The van der Waals surface area contributed by atoms with E-state index in [-0.39, 0.29) is 11.8 Å². The summed E-state index contributed by atoms with van der Waals surface area (Å²) >= 11 is 0. The van der Waals surface area contributed by atoms with Gasteiger partial charge in [0.05, 0.1) is 16.8 Å². The van der Waals surface area contributed by atoms with Gasteiger partial charge in [-0.1, -0.05) is 72.8 Å². The summed E-state index contributed by atoms with van der Waals surface area (Å²) in [6.07, 6.45) is 1.33. The SMILES string of the molecule is O=C1c2ccccc2C(=O)N1CCCc1[nH]c(-c2ccccc2)nc1-c1ccccc1. The van der Waals surface area contributed by atoms with Crippen LogP contribution >= 0.6 is 0 Å². The van der Waals surface area contributed by atoms with Gasteiger partial charge in [-0.05, 0) is 25.0 Å². The fraction of sp³-hybridized carbons (Fsp3) is 0.115. The molecule has 2 amide bonds. The molecule has 0 fully saturated rings. The summed E-state index contributed by atoms with van der Waals surface area (Å²) in [5.41, 5.74) is 4.95. The number of H-pyrrole nitrogens is 1. The predicted molar refractivity (Wildman–Crippen MR) is 120 cm³/mol. The van der Waals surface area contributed by atoms with Crippen molar-refractivity contribution < 1.29 is 9.59 Å². The molecule has 3 aromatic carbocycles. The molecule has 0 bridgehead atoms. The lowest BCUT2D eigenvalue weighted by atomic mass is 10.1. The number of nitrogens with zero attached hydrogens (tertiary/aromatic N) is 2. The fourth-order valence-corrected chi connectivity index (χ4v) is 4.01. The highest BCUT2D eigenvalue weighted by Crippen LogP contribution is 2.28. The second kappa shape index (κ2) is 8.03. The second-order valence-electron chi connectivity index (χ2n) is 7.56. The molecular weight excluding hydrogens is 386 g/mol. The molecule has 5 rings (SSSR count). The molecule has 1 aliphatic rings. The highest BCUT2D eigenvalue weighted by Gasteiger charge is 2.34. The Kier molecular flexibility index (Phi) is 4.92. The van der Waals surface area contributed by atoms with Crippen LogP contribution in [0.15, 0.2) is 84.9 Å². The number of imide groups is 1. The molecule has 0 atom stereocenters. The molecule has 4 aromatic rings. The molecule has 0 aliphatic carbocycles. The highest BCUT2D eigenvalue weighted by atomic mass is 16.2. The Morgan fingerprint density at radius 2 is 1.26 bits per heavy atom. The molecule has 1 aromatic heterocycles. The van der Waals surface area contributed by atoms with E-state index in [4.69, 9.17) is 4.98 Å². The van der Waals surface area contributed by atoms with Crippen LogP contribution < -0.4 is 0 Å². The molecule has 0 saturated carbocycles. The van der Waals surface area contributed by atoms with Gasteiger partial charge in [0.15, 0.2) is 0 Å². The first-order valence-electron chi connectivity index (χ1n) is 10.4. The van der Waals surface area contributed by atoms with Crippen LogP contribution in [0.4, 0.5) is 0 Å². The molecule has 0 unspecified atom stereocenters. The summed E-state index contributed by atoms with van der Waals surface area (Å²) in [6.45, 7) is 0.375. The Bertz CT molecular complexity index is 1210. The summed E-state index contributed by atoms with van der Waals surface area (Å²) < 4.78 is 0. The summed E-state index contributed by atoms with van der Waals surface area (Å²) in [5.74, 6) is 0.395. The maximum absolute atomic E-state index is 12.6. The molecular formula is C26H21N3O2. The van der Waals surface area contributed by atoms with E-state index in [1.165, 1.54) is 4.90 Å². The zero-order valence-corrected chi connectivity index (χ0v) is 16.9. The first-order valence-corrected chi connectivity index (χ1v) is 10.4. The zero-order valence-electron chi connectivity index (χ0n) is 16.9. The summed E-state index contributed by atoms with van der Waals surface area (Å²) in [5, 5.41) is 0. The summed E-state index contributed by atoms with van der Waals surface area (Å²) in [6, 6.07) is 27.1. The number of aryl methyl sites for hydroxylation is 1. The number of fused-ring (bicyclic) bond motifs is 1. The quantitative estimate of drug-likeness (QED) is 0.459. The van der Waals surface area contributed by atoms with Gasteiger partial charge in [-0.3, -0.25) is 14.5 Å². The van der Waals surface area contributed by atoms with Crippen molar-refractivity contribution in [1.29, 1.82) is 0 Å². The molecule has 5 nitrogen and oxygen atoms in total. The Labute approximate surface area is 180 Å². The minimum Gasteiger partial charge on any atom is -0.341 e. The number of imidazole rings is 1. The number of carbonyl (C=O) groups is 2. The summed E-state index contributed by atoms with van der Waals surface area (Å²) in [4.78, 5) is 34.9. The van der Waals surface area contributed by atoms with Crippen LogP contribution in [0.2, 0.25) is 0 Å². The average molecular weight is 407 g/mol. The van der Waals surface area contributed by atoms with Crippen LogP contribution in [0, 0.1) is 0 Å². The first kappa shape index (κ1) is 19.0. The lowest BCUT2D eigenvalue weighted by Crippen LogP contribution is -2.31. The third kappa shape index (κ3) is 3.55. The topological polar surface area (TPSA) is 66.1 Å². The molecule has 152 valence electrons. The van der Waals surface area contributed by atoms with Crippen LogP contribution in [-0.4, -0.2) is 33.2 Å². The van der Waals surface area contributed by atoms with E-state index in [1.807, 2.05) is 60.7 Å². The molecule has 2 heterocycles. The van der Waals surface area contributed by atoms with E-state index in [0.717, 1.165) is 28.3 Å². The molecule has 0 spiro atoms. The zero-order chi connectivity index (χ0) is 21.2. The van der Waals surface area contributed by atoms with Crippen LogP contribution in [0.25, 0.3) is 22.6 Å². The second-order valence-corrected chi connectivity index (χ2v) is 7.56. The minimum absolute atomic E-state index is 0.210. The number of benzene rings is 3.